The van der Waals surface area contributed by atoms with Crippen LogP contribution in [0.25, 0.3) is 11.0 Å². The third-order valence-electron chi connectivity index (χ3n) is 3.44. The van der Waals surface area contributed by atoms with Gasteiger partial charge in [0.1, 0.15) is 5.82 Å². The fraction of sp³-hybridized carbons (Fsp3) is 0.462. The van der Waals surface area contributed by atoms with Crippen LogP contribution in [0.5, 0.6) is 0 Å². The second kappa shape index (κ2) is 4.78. The van der Waals surface area contributed by atoms with Gasteiger partial charge in [-0.1, -0.05) is 15.9 Å². The van der Waals surface area contributed by atoms with Crippen molar-refractivity contribution in [2.75, 3.05) is 13.1 Å². The van der Waals surface area contributed by atoms with Crippen LogP contribution in [0.2, 0.25) is 0 Å². The van der Waals surface area contributed by atoms with Crippen molar-refractivity contribution in [1.82, 2.24) is 15.3 Å². The van der Waals surface area contributed by atoms with Gasteiger partial charge >= 0.3 is 0 Å². The lowest BCUT2D eigenvalue weighted by atomic mass is 10.0. The van der Waals surface area contributed by atoms with Crippen LogP contribution in [0.3, 0.4) is 0 Å². The first-order valence-corrected chi connectivity index (χ1v) is 6.95. The molecule has 17 heavy (non-hydrogen) atoms. The molecular weight excluding hydrogens is 278 g/mol. The zero-order valence-electron chi connectivity index (χ0n) is 9.67. The van der Waals surface area contributed by atoms with Crippen LogP contribution in [-0.2, 0) is 6.42 Å². The smallest absolute Gasteiger partial charge is 0.107 e. The number of hydrogen-bond donors (Lipinski definition) is 2. The Morgan fingerprint density at radius 1 is 1.41 bits per heavy atom. The first-order chi connectivity index (χ1) is 8.31. The second-order valence-corrected chi connectivity index (χ2v) is 5.66. The third-order valence-corrected chi connectivity index (χ3v) is 3.94. The highest BCUT2D eigenvalue weighted by Gasteiger charge is 2.14. The van der Waals surface area contributed by atoms with Gasteiger partial charge in [-0.15, -0.1) is 0 Å². The molecule has 0 amide bonds. The molecule has 0 saturated carbocycles. The maximum atomic E-state index is 4.62. The van der Waals surface area contributed by atoms with E-state index in [0.29, 0.717) is 0 Å². The molecule has 4 heteroatoms. The van der Waals surface area contributed by atoms with Crippen molar-refractivity contribution in [3.05, 3.63) is 28.5 Å². The monoisotopic (exact) mass is 293 g/mol. The van der Waals surface area contributed by atoms with E-state index in [0.717, 1.165) is 33.7 Å². The SMILES string of the molecule is Brc1ccc2nc(CCC3CCNC3)[nH]c2c1. The summed E-state index contributed by atoms with van der Waals surface area (Å²) in [5, 5.41) is 3.41. The molecule has 1 aliphatic heterocycles. The van der Waals surface area contributed by atoms with E-state index in [1.165, 1.54) is 25.9 Å². The number of aryl methyl sites for hydroxylation is 1. The standard InChI is InChI=1S/C13H16BrN3/c14-10-2-3-11-12(7-10)17-13(16-11)4-1-9-5-6-15-8-9/h2-3,7,9,15H,1,4-6,8H2,(H,16,17). The number of rotatable bonds is 3. The summed E-state index contributed by atoms with van der Waals surface area (Å²) in [6, 6.07) is 6.17. The largest absolute Gasteiger partial charge is 0.342 e. The second-order valence-electron chi connectivity index (χ2n) is 4.74. The van der Waals surface area contributed by atoms with Gasteiger partial charge in [0.25, 0.3) is 0 Å². The fourth-order valence-corrected chi connectivity index (χ4v) is 2.82. The van der Waals surface area contributed by atoms with Crippen LogP contribution in [0.4, 0.5) is 0 Å². The Morgan fingerprint density at radius 2 is 2.35 bits per heavy atom. The molecule has 0 aliphatic carbocycles. The number of nitrogens with zero attached hydrogens (tertiary/aromatic N) is 1. The van der Waals surface area contributed by atoms with Crippen LogP contribution in [0.15, 0.2) is 22.7 Å². The molecule has 1 saturated heterocycles. The summed E-state index contributed by atoms with van der Waals surface area (Å²) in [4.78, 5) is 8.02. The van der Waals surface area contributed by atoms with Crippen LogP contribution >= 0.6 is 15.9 Å². The maximum absolute atomic E-state index is 4.62. The molecule has 1 aromatic carbocycles. The van der Waals surface area contributed by atoms with Crippen LogP contribution in [-0.4, -0.2) is 23.1 Å². The Kier molecular flexibility index (Phi) is 3.16. The summed E-state index contributed by atoms with van der Waals surface area (Å²) >= 11 is 3.48. The summed E-state index contributed by atoms with van der Waals surface area (Å²) in [6.45, 7) is 2.35. The molecule has 3 rings (SSSR count). The van der Waals surface area contributed by atoms with E-state index in [-0.39, 0.29) is 0 Å². The molecule has 2 N–H and O–H groups in total. The Bertz CT molecular complexity index is 514. The summed E-state index contributed by atoms with van der Waals surface area (Å²) < 4.78 is 1.10. The molecule has 1 aliphatic rings. The molecule has 90 valence electrons. The third kappa shape index (κ3) is 2.53. The van der Waals surface area contributed by atoms with Crippen molar-refractivity contribution >= 4 is 27.0 Å². The molecular formula is C13H16BrN3. The average molecular weight is 294 g/mol. The van der Waals surface area contributed by atoms with E-state index in [2.05, 4.69) is 43.3 Å². The van der Waals surface area contributed by atoms with Gasteiger partial charge in [-0.25, -0.2) is 4.98 Å². The van der Waals surface area contributed by atoms with Gasteiger partial charge in [-0.3, -0.25) is 0 Å². The Morgan fingerprint density at radius 3 is 3.18 bits per heavy atom. The van der Waals surface area contributed by atoms with Crippen molar-refractivity contribution in [3.8, 4) is 0 Å². The topological polar surface area (TPSA) is 40.7 Å². The van der Waals surface area contributed by atoms with Gasteiger partial charge in [0.15, 0.2) is 0 Å². The number of benzene rings is 1. The van der Waals surface area contributed by atoms with Crippen LogP contribution < -0.4 is 5.32 Å². The molecule has 0 radical (unpaired) electrons. The number of aromatic amines is 1. The molecule has 2 heterocycles. The average Bonchev–Trinajstić information content (AvgIpc) is 2.94. The van der Waals surface area contributed by atoms with Gasteiger partial charge in [-0.2, -0.15) is 0 Å². The number of fused-ring (bicyclic) bond motifs is 1. The number of aromatic nitrogens is 2. The lowest BCUT2D eigenvalue weighted by molar-refractivity contribution is 0.526. The van der Waals surface area contributed by atoms with Gasteiger partial charge in [0.05, 0.1) is 11.0 Å². The van der Waals surface area contributed by atoms with E-state index in [9.17, 15) is 0 Å². The molecule has 3 nitrogen and oxygen atoms in total. The molecule has 0 spiro atoms. The van der Waals surface area contributed by atoms with E-state index in [4.69, 9.17) is 0 Å². The first kappa shape index (κ1) is 11.2. The van der Waals surface area contributed by atoms with Crippen molar-refractivity contribution < 1.29 is 0 Å². The molecule has 0 bridgehead atoms. The minimum absolute atomic E-state index is 0.829. The van der Waals surface area contributed by atoms with Gasteiger partial charge in [0.2, 0.25) is 0 Å². The zero-order chi connectivity index (χ0) is 11.7. The number of halogens is 1. The number of H-pyrrole nitrogens is 1. The summed E-state index contributed by atoms with van der Waals surface area (Å²) in [5.41, 5.74) is 2.19. The molecule has 1 atom stereocenters. The Labute approximate surface area is 109 Å². The lowest BCUT2D eigenvalue weighted by Gasteiger charge is -2.05. The van der Waals surface area contributed by atoms with Crippen molar-refractivity contribution in [3.63, 3.8) is 0 Å². The Balaban J connectivity index is 1.72. The van der Waals surface area contributed by atoms with Gasteiger partial charge < -0.3 is 10.3 Å². The quantitative estimate of drug-likeness (QED) is 0.914. The summed E-state index contributed by atoms with van der Waals surface area (Å²) in [6.07, 6.45) is 3.60. The predicted octanol–water partition coefficient (Wildman–Crippen LogP) is 2.87. The molecule has 1 aromatic heterocycles. The van der Waals surface area contributed by atoms with Gasteiger partial charge in [0, 0.05) is 10.9 Å². The van der Waals surface area contributed by atoms with Crippen LogP contribution in [0.1, 0.15) is 18.7 Å². The highest BCUT2D eigenvalue weighted by molar-refractivity contribution is 9.10. The molecule has 2 aromatic rings. The lowest BCUT2D eigenvalue weighted by Crippen LogP contribution is -2.09. The number of nitrogens with one attached hydrogen (secondary N) is 2. The maximum Gasteiger partial charge on any atom is 0.107 e. The molecule has 1 fully saturated rings. The summed E-state index contributed by atoms with van der Waals surface area (Å²) in [5.74, 6) is 1.94. The normalized spacial score (nSPS) is 20.2. The number of imidazole rings is 1. The zero-order valence-corrected chi connectivity index (χ0v) is 11.3. The Hall–Kier alpha value is -0.870. The van der Waals surface area contributed by atoms with Crippen molar-refractivity contribution in [2.24, 2.45) is 5.92 Å². The molecule has 1 unspecified atom stereocenters. The summed E-state index contributed by atoms with van der Waals surface area (Å²) in [7, 11) is 0. The van der Waals surface area contributed by atoms with E-state index >= 15 is 0 Å². The van der Waals surface area contributed by atoms with Crippen molar-refractivity contribution in [2.45, 2.75) is 19.3 Å². The van der Waals surface area contributed by atoms with Gasteiger partial charge in [-0.05, 0) is 50.0 Å². The highest BCUT2D eigenvalue weighted by atomic mass is 79.9. The minimum atomic E-state index is 0.829. The predicted molar refractivity (Wildman–Crippen MR) is 73.1 cm³/mol. The van der Waals surface area contributed by atoms with E-state index in [1.807, 2.05) is 6.07 Å². The fourth-order valence-electron chi connectivity index (χ4n) is 2.45. The van der Waals surface area contributed by atoms with Crippen molar-refractivity contribution in [1.29, 1.82) is 0 Å². The van der Waals surface area contributed by atoms with E-state index in [1.54, 1.807) is 0 Å². The minimum Gasteiger partial charge on any atom is -0.342 e. The number of hydrogen-bond acceptors (Lipinski definition) is 2. The van der Waals surface area contributed by atoms with Crippen LogP contribution in [0, 0.1) is 5.92 Å². The first-order valence-electron chi connectivity index (χ1n) is 6.16. The highest BCUT2D eigenvalue weighted by Crippen LogP contribution is 2.20. The van der Waals surface area contributed by atoms with E-state index < -0.39 is 0 Å².